The summed E-state index contributed by atoms with van der Waals surface area (Å²) < 4.78 is 126. The predicted octanol–water partition coefficient (Wildman–Crippen LogP) is 5.95. The number of rotatable bonds is 5. The summed E-state index contributed by atoms with van der Waals surface area (Å²) in [5.74, 6) is -5.63. The maximum Gasteiger partial charge on any atom is 0.437 e. The van der Waals surface area contributed by atoms with E-state index in [1.807, 2.05) is 0 Å². The van der Waals surface area contributed by atoms with E-state index >= 15 is 0 Å². The zero-order chi connectivity index (χ0) is 24.0. The molecular formula is C18H25F9O3. The fraction of sp³-hybridized carbons (Fsp3) is 0.944. The molecule has 0 heterocycles. The van der Waals surface area contributed by atoms with Crippen molar-refractivity contribution in [2.24, 2.45) is 17.3 Å². The van der Waals surface area contributed by atoms with E-state index in [9.17, 15) is 49.4 Å². The van der Waals surface area contributed by atoms with Crippen molar-refractivity contribution in [3.05, 3.63) is 0 Å². The SMILES string of the molecule is CCC(C)(C)C(=O)OC(C1CCC(C(C)(O)C(F)(F)F)CC1)(C(F)(F)F)C(F)(F)F. The van der Waals surface area contributed by atoms with E-state index in [0.29, 0.717) is 6.92 Å². The zero-order valence-corrected chi connectivity index (χ0v) is 16.9. The lowest BCUT2D eigenvalue weighted by molar-refractivity contribution is -0.391. The Morgan fingerprint density at radius 1 is 0.800 bits per heavy atom. The molecule has 1 fully saturated rings. The summed E-state index contributed by atoms with van der Waals surface area (Å²) in [6.07, 6.45) is -20.7. The van der Waals surface area contributed by atoms with Gasteiger partial charge in [-0.1, -0.05) is 6.92 Å². The van der Waals surface area contributed by atoms with Crippen LogP contribution in [-0.4, -0.2) is 40.8 Å². The van der Waals surface area contributed by atoms with Crippen LogP contribution in [0.1, 0.15) is 59.8 Å². The van der Waals surface area contributed by atoms with Crippen molar-refractivity contribution < 1.29 is 54.2 Å². The standard InChI is InChI=1S/C18H25F9O3/c1-5-13(2,3)12(28)30-15(17(22,23)24,18(25,26)27)11-8-6-10(7-9-11)14(4,29)16(19,20)21/h10-11,29H,5-9H2,1-4H3. The Bertz CT molecular complexity index is 596. The number of ether oxygens (including phenoxy) is 1. The molecule has 0 aromatic rings. The molecule has 1 rings (SSSR count). The van der Waals surface area contributed by atoms with E-state index < -0.39 is 78.6 Å². The van der Waals surface area contributed by atoms with Crippen LogP contribution >= 0.6 is 0 Å². The van der Waals surface area contributed by atoms with Crippen LogP contribution in [0.15, 0.2) is 0 Å². The van der Waals surface area contributed by atoms with Gasteiger partial charge in [-0.05, 0) is 58.8 Å². The maximum atomic E-state index is 13.8. The van der Waals surface area contributed by atoms with Gasteiger partial charge in [0, 0.05) is 5.92 Å². The summed E-state index contributed by atoms with van der Waals surface area (Å²) >= 11 is 0. The number of halogens is 9. The second-order valence-electron chi connectivity index (χ2n) is 8.55. The monoisotopic (exact) mass is 460 g/mol. The highest BCUT2D eigenvalue weighted by molar-refractivity contribution is 5.76. The van der Waals surface area contributed by atoms with Crippen molar-refractivity contribution >= 4 is 5.97 Å². The Balaban J connectivity index is 3.34. The van der Waals surface area contributed by atoms with Crippen LogP contribution < -0.4 is 0 Å². The summed E-state index contributed by atoms with van der Waals surface area (Å²) in [4.78, 5) is 12.2. The van der Waals surface area contributed by atoms with Crippen LogP contribution in [0.5, 0.6) is 0 Å². The topological polar surface area (TPSA) is 46.5 Å². The number of hydrogen-bond donors (Lipinski definition) is 1. The van der Waals surface area contributed by atoms with Gasteiger partial charge in [0.25, 0.3) is 0 Å². The van der Waals surface area contributed by atoms with Crippen LogP contribution in [0.25, 0.3) is 0 Å². The molecule has 178 valence electrons. The van der Waals surface area contributed by atoms with E-state index in [1.54, 1.807) is 0 Å². The average molecular weight is 460 g/mol. The minimum atomic E-state index is -6.05. The molecule has 1 saturated carbocycles. The summed E-state index contributed by atoms with van der Waals surface area (Å²) in [5.41, 5.74) is -9.75. The van der Waals surface area contributed by atoms with Crippen LogP contribution in [0.3, 0.4) is 0 Å². The number of hydrogen-bond acceptors (Lipinski definition) is 3. The zero-order valence-electron chi connectivity index (χ0n) is 16.9. The third-order valence-corrected chi connectivity index (χ3v) is 6.20. The molecule has 0 bridgehead atoms. The quantitative estimate of drug-likeness (QED) is 0.408. The Labute approximate surface area is 167 Å². The first-order chi connectivity index (χ1) is 13.1. The highest BCUT2D eigenvalue weighted by Crippen LogP contribution is 2.56. The fourth-order valence-corrected chi connectivity index (χ4v) is 3.54. The highest BCUT2D eigenvalue weighted by atomic mass is 19.4. The summed E-state index contributed by atoms with van der Waals surface area (Å²) in [6, 6.07) is 0. The van der Waals surface area contributed by atoms with Crippen LogP contribution in [0.4, 0.5) is 39.5 Å². The summed E-state index contributed by atoms with van der Waals surface area (Å²) in [6.45, 7) is 4.08. The fourth-order valence-electron chi connectivity index (χ4n) is 3.54. The van der Waals surface area contributed by atoms with Gasteiger partial charge in [-0.3, -0.25) is 4.79 Å². The number of carbonyl (C=O) groups is 1. The molecule has 1 aliphatic carbocycles. The Morgan fingerprint density at radius 2 is 1.17 bits per heavy atom. The van der Waals surface area contributed by atoms with Crippen LogP contribution in [0, 0.1) is 17.3 Å². The van der Waals surface area contributed by atoms with Gasteiger partial charge in [0.1, 0.15) is 0 Å². The highest BCUT2D eigenvalue weighted by Gasteiger charge is 2.77. The average Bonchev–Trinajstić information content (AvgIpc) is 2.56. The minimum absolute atomic E-state index is 0.0984. The van der Waals surface area contributed by atoms with E-state index in [0.717, 1.165) is 13.8 Å². The van der Waals surface area contributed by atoms with E-state index in [4.69, 9.17) is 0 Å². The number of aliphatic hydroxyl groups is 1. The van der Waals surface area contributed by atoms with Crippen LogP contribution in [0.2, 0.25) is 0 Å². The second-order valence-corrected chi connectivity index (χ2v) is 8.55. The van der Waals surface area contributed by atoms with Crippen molar-refractivity contribution in [3.63, 3.8) is 0 Å². The first-order valence-corrected chi connectivity index (χ1v) is 9.31. The predicted molar refractivity (Wildman–Crippen MR) is 87.1 cm³/mol. The smallest absolute Gasteiger partial charge is 0.437 e. The van der Waals surface area contributed by atoms with Gasteiger partial charge < -0.3 is 9.84 Å². The van der Waals surface area contributed by atoms with Gasteiger partial charge >= 0.3 is 30.1 Å². The molecule has 3 nitrogen and oxygen atoms in total. The van der Waals surface area contributed by atoms with Crippen molar-refractivity contribution in [3.8, 4) is 0 Å². The molecule has 30 heavy (non-hydrogen) atoms. The van der Waals surface area contributed by atoms with E-state index in [2.05, 4.69) is 4.74 Å². The van der Waals surface area contributed by atoms with Crippen LogP contribution in [-0.2, 0) is 9.53 Å². The molecule has 1 unspecified atom stereocenters. The molecule has 12 heteroatoms. The molecule has 1 atom stereocenters. The largest absolute Gasteiger partial charge is 0.439 e. The number of alkyl halides is 9. The lowest BCUT2D eigenvalue weighted by Gasteiger charge is -2.47. The van der Waals surface area contributed by atoms with E-state index in [1.165, 1.54) is 6.92 Å². The van der Waals surface area contributed by atoms with Crippen molar-refractivity contribution in [2.45, 2.75) is 89.5 Å². The van der Waals surface area contributed by atoms with Crippen molar-refractivity contribution in [1.29, 1.82) is 0 Å². The Hall–Kier alpha value is -1.20. The first kappa shape index (κ1) is 26.8. The van der Waals surface area contributed by atoms with E-state index in [-0.39, 0.29) is 6.42 Å². The Morgan fingerprint density at radius 3 is 1.47 bits per heavy atom. The van der Waals surface area contributed by atoms with Gasteiger partial charge in [0.2, 0.25) is 0 Å². The van der Waals surface area contributed by atoms with Gasteiger partial charge in [-0.2, -0.15) is 39.5 Å². The third-order valence-electron chi connectivity index (χ3n) is 6.20. The molecule has 0 saturated heterocycles. The van der Waals surface area contributed by atoms with Gasteiger partial charge in [-0.25, -0.2) is 0 Å². The lowest BCUT2D eigenvalue weighted by atomic mass is 9.68. The van der Waals surface area contributed by atoms with Crippen molar-refractivity contribution in [2.75, 3.05) is 0 Å². The normalized spacial score (nSPS) is 24.3. The second kappa shape index (κ2) is 8.05. The lowest BCUT2D eigenvalue weighted by Crippen LogP contribution is -2.65. The van der Waals surface area contributed by atoms with Gasteiger partial charge in [0.05, 0.1) is 5.41 Å². The third kappa shape index (κ3) is 4.67. The summed E-state index contributed by atoms with van der Waals surface area (Å²) in [5, 5.41) is 9.71. The maximum absolute atomic E-state index is 13.8. The van der Waals surface area contributed by atoms with Gasteiger partial charge in [0.15, 0.2) is 5.60 Å². The number of esters is 1. The first-order valence-electron chi connectivity index (χ1n) is 9.31. The van der Waals surface area contributed by atoms with Gasteiger partial charge in [-0.15, -0.1) is 0 Å². The minimum Gasteiger partial charge on any atom is -0.439 e. The molecule has 0 aliphatic heterocycles. The number of carbonyl (C=O) groups excluding carboxylic acids is 1. The molecular weight excluding hydrogens is 435 g/mol. The molecule has 1 aliphatic rings. The molecule has 0 aromatic carbocycles. The molecule has 1 N–H and O–H groups in total. The molecule has 0 radical (unpaired) electrons. The molecule has 0 amide bonds. The Kier molecular flexibility index (Phi) is 7.20. The summed E-state index contributed by atoms with van der Waals surface area (Å²) in [7, 11) is 0. The molecule has 0 spiro atoms. The van der Waals surface area contributed by atoms with Crippen molar-refractivity contribution in [1.82, 2.24) is 0 Å². The molecule has 0 aromatic heterocycles.